The van der Waals surface area contributed by atoms with Crippen molar-refractivity contribution in [1.82, 2.24) is 20.2 Å². The summed E-state index contributed by atoms with van der Waals surface area (Å²) in [6.07, 6.45) is 10.1. The molecule has 0 atom stereocenters. The van der Waals surface area contributed by atoms with E-state index in [1.165, 1.54) is 12.8 Å². The number of amides is 2. The topological polar surface area (TPSA) is 59.0 Å². The molecule has 1 aliphatic rings. The number of rotatable bonds is 4. The average molecular weight is 222 g/mol. The van der Waals surface area contributed by atoms with Gasteiger partial charge in [0.2, 0.25) is 0 Å². The molecule has 0 radical (unpaired) electrons. The van der Waals surface area contributed by atoms with Gasteiger partial charge in [-0.2, -0.15) is 0 Å². The quantitative estimate of drug-likeness (QED) is 0.802. The molecule has 2 amide bonds. The fraction of sp³-hybridized carbons (Fsp3) is 0.636. The van der Waals surface area contributed by atoms with E-state index in [0.29, 0.717) is 12.6 Å². The minimum absolute atomic E-state index is 0.0491. The van der Waals surface area contributed by atoms with Crippen LogP contribution in [-0.4, -0.2) is 28.2 Å². The number of carbonyl (C=O) groups is 1. The predicted octanol–water partition coefficient (Wildman–Crippen LogP) is 1.12. The highest BCUT2D eigenvalue weighted by molar-refractivity contribution is 5.74. The Labute approximate surface area is 95.2 Å². The summed E-state index contributed by atoms with van der Waals surface area (Å²) < 4.78 is 1.94. The largest absolute Gasteiger partial charge is 0.336 e. The van der Waals surface area contributed by atoms with E-state index in [1.54, 1.807) is 12.5 Å². The van der Waals surface area contributed by atoms with Gasteiger partial charge in [0.15, 0.2) is 0 Å². The Balaban J connectivity index is 1.60. The highest BCUT2D eigenvalue weighted by Crippen LogP contribution is 2.17. The Morgan fingerprint density at radius 1 is 1.44 bits per heavy atom. The number of nitrogens with zero attached hydrogens (tertiary/aromatic N) is 2. The van der Waals surface area contributed by atoms with Crippen LogP contribution in [0, 0.1) is 0 Å². The maximum atomic E-state index is 11.5. The minimum Gasteiger partial charge on any atom is -0.336 e. The monoisotopic (exact) mass is 222 g/mol. The lowest BCUT2D eigenvalue weighted by molar-refractivity contribution is 0.236. The fourth-order valence-corrected chi connectivity index (χ4v) is 2.02. The Bertz CT molecular complexity index is 317. The normalized spacial score (nSPS) is 16.2. The van der Waals surface area contributed by atoms with Crippen LogP contribution in [-0.2, 0) is 6.54 Å². The summed E-state index contributed by atoms with van der Waals surface area (Å²) in [6.45, 7) is 1.40. The molecule has 1 fully saturated rings. The number of imidazole rings is 1. The van der Waals surface area contributed by atoms with Crippen LogP contribution < -0.4 is 10.6 Å². The first-order valence-electron chi connectivity index (χ1n) is 5.85. The van der Waals surface area contributed by atoms with E-state index < -0.39 is 0 Å². The standard InChI is InChI=1S/C11H18N4O/c16-11(14-10-3-1-2-4-10)13-6-8-15-7-5-12-9-15/h5,7,9-10H,1-4,6,8H2,(H2,13,14,16). The highest BCUT2D eigenvalue weighted by Gasteiger charge is 2.16. The summed E-state index contributed by atoms with van der Waals surface area (Å²) in [4.78, 5) is 15.4. The second-order valence-electron chi connectivity index (χ2n) is 4.18. The van der Waals surface area contributed by atoms with Gasteiger partial charge >= 0.3 is 6.03 Å². The van der Waals surface area contributed by atoms with Gasteiger partial charge in [-0.25, -0.2) is 9.78 Å². The number of aromatic nitrogens is 2. The van der Waals surface area contributed by atoms with Crippen LogP contribution in [0.2, 0.25) is 0 Å². The van der Waals surface area contributed by atoms with Crippen LogP contribution in [0.1, 0.15) is 25.7 Å². The molecule has 16 heavy (non-hydrogen) atoms. The van der Waals surface area contributed by atoms with E-state index in [4.69, 9.17) is 0 Å². The van der Waals surface area contributed by atoms with E-state index >= 15 is 0 Å². The fourth-order valence-electron chi connectivity index (χ4n) is 2.02. The predicted molar refractivity (Wildman–Crippen MR) is 61.0 cm³/mol. The molecule has 1 saturated carbocycles. The lowest BCUT2D eigenvalue weighted by Gasteiger charge is -2.12. The lowest BCUT2D eigenvalue weighted by Crippen LogP contribution is -2.41. The Morgan fingerprint density at radius 2 is 2.25 bits per heavy atom. The third kappa shape index (κ3) is 3.25. The smallest absolute Gasteiger partial charge is 0.315 e. The van der Waals surface area contributed by atoms with Gasteiger partial charge in [0, 0.05) is 31.5 Å². The van der Waals surface area contributed by atoms with Crippen LogP contribution in [0.15, 0.2) is 18.7 Å². The third-order valence-corrected chi connectivity index (χ3v) is 2.91. The third-order valence-electron chi connectivity index (χ3n) is 2.91. The summed E-state index contributed by atoms with van der Waals surface area (Å²) in [5, 5.41) is 5.83. The SMILES string of the molecule is O=C(NCCn1ccnc1)NC1CCCC1. The van der Waals surface area contributed by atoms with E-state index in [1.807, 2.05) is 10.8 Å². The molecule has 88 valence electrons. The van der Waals surface area contributed by atoms with E-state index in [9.17, 15) is 4.79 Å². The first kappa shape index (κ1) is 11.0. The van der Waals surface area contributed by atoms with Crippen LogP contribution in [0.5, 0.6) is 0 Å². The van der Waals surface area contributed by atoms with Gasteiger partial charge in [0.05, 0.1) is 6.33 Å². The molecule has 0 aromatic carbocycles. The molecule has 0 bridgehead atoms. The molecule has 5 nitrogen and oxygen atoms in total. The molecular formula is C11H18N4O. The first-order valence-corrected chi connectivity index (χ1v) is 5.85. The number of carbonyl (C=O) groups excluding carboxylic acids is 1. The highest BCUT2D eigenvalue weighted by atomic mass is 16.2. The van der Waals surface area contributed by atoms with Crippen molar-refractivity contribution in [3.8, 4) is 0 Å². The second kappa shape index (κ2) is 5.53. The maximum Gasteiger partial charge on any atom is 0.315 e. The van der Waals surface area contributed by atoms with Gasteiger partial charge < -0.3 is 15.2 Å². The molecule has 1 aromatic heterocycles. The van der Waals surface area contributed by atoms with Crippen molar-refractivity contribution in [3.63, 3.8) is 0 Å². The van der Waals surface area contributed by atoms with Crippen LogP contribution in [0.3, 0.4) is 0 Å². The molecule has 1 heterocycles. The molecule has 0 spiro atoms. The van der Waals surface area contributed by atoms with Gasteiger partial charge in [-0.05, 0) is 12.8 Å². The van der Waals surface area contributed by atoms with Crippen LogP contribution >= 0.6 is 0 Å². The lowest BCUT2D eigenvalue weighted by atomic mass is 10.2. The molecule has 2 N–H and O–H groups in total. The van der Waals surface area contributed by atoms with Crippen molar-refractivity contribution in [3.05, 3.63) is 18.7 Å². The molecular weight excluding hydrogens is 204 g/mol. The zero-order valence-corrected chi connectivity index (χ0v) is 9.35. The van der Waals surface area contributed by atoms with E-state index in [0.717, 1.165) is 19.4 Å². The zero-order chi connectivity index (χ0) is 11.2. The van der Waals surface area contributed by atoms with Gasteiger partial charge in [-0.15, -0.1) is 0 Å². The maximum absolute atomic E-state index is 11.5. The summed E-state index contributed by atoms with van der Waals surface area (Å²) in [7, 11) is 0. The van der Waals surface area contributed by atoms with Crippen LogP contribution in [0.25, 0.3) is 0 Å². The average Bonchev–Trinajstić information content (AvgIpc) is 2.90. The molecule has 0 aliphatic heterocycles. The molecule has 0 saturated heterocycles. The van der Waals surface area contributed by atoms with E-state index in [2.05, 4.69) is 15.6 Å². The molecule has 1 aromatic rings. The first-order chi connectivity index (χ1) is 7.84. The molecule has 5 heteroatoms. The van der Waals surface area contributed by atoms with Crippen molar-refractivity contribution < 1.29 is 4.79 Å². The molecule has 0 unspecified atom stereocenters. The number of hydrogen-bond acceptors (Lipinski definition) is 2. The van der Waals surface area contributed by atoms with Crippen LogP contribution in [0.4, 0.5) is 4.79 Å². The van der Waals surface area contributed by atoms with Gasteiger partial charge in [0.25, 0.3) is 0 Å². The van der Waals surface area contributed by atoms with Gasteiger partial charge in [0.1, 0.15) is 0 Å². The van der Waals surface area contributed by atoms with E-state index in [-0.39, 0.29) is 6.03 Å². The van der Waals surface area contributed by atoms with Gasteiger partial charge in [-0.1, -0.05) is 12.8 Å². The summed E-state index contributed by atoms with van der Waals surface area (Å²) >= 11 is 0. The summed E-state index contributed by atoms with van der Waals surface area (Å²) in [5.41, 5.74) is 0. The molecule has 2 rings (SSSR count). The number of urea groups is 1. The zero-order valence-electron chi connectivity index (χ0n) is 9.35. The van der Waals surface area contributed by atoms with Gasteiger partial charge in [-0.3, -0.25) is 0 Å². The van der Waals surface area contributed by atoms with Crippen molar-refractivity contribution in [1.29, 1.82) is 0 Å². The summed E-state index contributed by atoms with van der Waals surface area (Å²) in [5.74, 6) is 0. The van der Waals surface area contributed by atoms with Crippen molar-refractivity contribution in [2.24, 2.45) is 0 Å². The van der Waals surface area contributed by atoms with Crippen molar-refractivity contribution in [2.75, 3.05) is 6.54 Å². The summed E-state index contributed by atoms with van der Waals surface area (Å²) in [6, 6.07) is 0.334. The molecule has 1 aliphatic carbocycles. The Morgan fingerprint density at radius 3 is 2.94 bits per heavy atom. The minimum atomic E-state index is -0.0491. The van der Waals surface area contributed by atoms with Crippen molar-refractivity contribution >= 4 is 6.03 Å². The Kier molecular flexibility index (Phi) is 3.80. The number of nitrogens with one attached hydrogen (secondary N) is 2. The van der Waals surface area contributed by atoms with Crippen molar-refractivity contribution in [2.45, 2.75) is 38.3 Å². The number of hydrogen-bond donors (Lipinski definition) is 2. The second-order valence-corrected chi connectivity index (χ2v) is 4.18. The Hall–Kier alpha value is -1.52.